The Kier molecular flexibility index (Phi) is 4.47. The predicted molar refractivity (Wildman–Crippen MR) is 127 cm³/mol. The number of hydrogen-bond donors (Lipinski definition) is 1. The molecule has 1 aromatic heterocycles. The largest absolute Gasteiger partial charge is 0.332 e. The Bertz CT molecular complexity index is 1430. The molecule has 0 saturated heterocycles. The summed E-state index contributed by atoms with van der Waals surface area (Å²) in [4.78, 5) is 32.9. The number of aromatic nitrogens is 1. The molecule has 0 fully saturated rings. The van der Waals surface area contributed by atoms with Crippen molar-refractivity contribution in [1.29, 1.82) is 0 Å². The van der Waals surface area contributed by atoms with Crippen LogP contribution < -0.4 is 4.72 Å². The van der Waals surface area contributed by atoms with E-state index >= 15 is 0 Å². The van der Waals surface area contributed by atoms with E-state index in [0.29, 0.717) is 24.1 Å². The normalized spacial score (nSPS) is 14.7. The van der Waals surface area contributed by atoms with Gasteiger partial charge in [-0.1, -0.05) is 30.3 Å². The van der Waals surface area contributed by atoms with Crippen molar-refractivity contribution < 1.29 is 9.59 Å². The van der Waals surface area contributed by atoms with Crippen LogP contribution in [0.4, 0.5) is 0 Å². The third kappa shape index (κ3) is 2.99. The lowest BCUT2D eigenvalue weighted by atomic mass is 9.99. The van der Waals surface area contributed by atoms with Crippen LogP contribution in [0, 0.1) is 0 Å². The van der Waals surface area contributed by atoms with E-state index in [1.54, 1.807) is 36.2 Å². The van der Waals surface area contributed by atoms with Crippen LogP contribution in [-0.4, -0.2) is 28.2 Å². The summed E-state index contributed by atoms with van der Waals surface area (Å²) in [6.07, 6.45) is 5.43. The number of hydrogen-bond acceptors (Lipinski definition) is 5. The number of rotatable bonds is 4. The second kappa shape index (κ2) is 7.50. The van der Waals surface area contributed by atoms with Crippen molar-refractivity contribution in [1.82, 2.24) is 14.6 Å². The maximum absolute atomic E-state index is 12.7. The van der Waals surface area contributed by atoms with Gasteiger partial charge in [0.2, 0.25) is 0 Å². The Hall–Kier alpha value is -3.64. The first-order valence-electron chi connectivity index (χ1n) is 10.6. The van der Waals surface area contributed by atoms with Crippen LogP contribution in [-0.2, 0) is 6.42 Å². The fourth-order valence-electron chi connectivity index (χ4n) is 4.53. The molecule has 1 N–H and O–H groups in total. The Morgan fingerprint density at radius 3 is 2.50 bits per heavy atom. The number of benzene rings is 3. The van der Waals surface area contributed by atoms with E-state index in [1.807, 2.05) is 24.4 Å². The smallest absolute Gasteiger partial charge is 0.261 e. The number of nitrogens with zero attached hydrogens (tertiary/aromatic N) is 2. The van der Waals surface area contributed by atoms with Crippen molar-refractivity contribution in [2.45, 2.75) is 17.7 Å². The molecule has 3 heterocycles. The lowest BCUT2D eigenvalue weighted by molar-refractivity contribution is 0.0652. The summed E-state index contributed by atoms with van der Waals surface area (Å²) in [6, 6.07) is 19.6. The van der Waals surface area contributed by atoms with Gasteiger partial charge < -0.3 is 4.72 Å². The maximum atomic E-state index is 12.7. The van der Waals surface area contributed by atoms with Gasteiger partial charge in [0.25, 0.3) is 11.8 Å². The predicted octanol–water partition coefficient (Wildman–Crippen LogP) is 5.20. The van der Waals surface area contributed by atoms with Crippen LogP contribution in [0.5, 0.6) is 0 Å². The van der Waals surface area contributed by atoms with Gasteiger partial charge in [0.1, 0.15) is 0 Å². The van der Waals surface area contributed by atoms with E-state index < -0.39 is 0 Å². The lowest BCUT2D eigenvalue weighted by Crippen LogP contribution is -2.31. The van der Waals surface area contributed by atoms with Gasteiger partial charge in [0.05, 0.1) is 22.2 Å². The molecule has 2 amide bonds. The van der Waals surface area contributed by atoms with Crippen LogP contribution >= 0.6 is 11.9 Å². The van der Waals surface area contributed by atoms with Crippen LogP contribution in [0.3, 0.4) is 0 Å². The molecule has 0 spiro atoms. The highest BCUT2D eigenvalue weighted by molar-refractivity contribution is 7.97. The molecule has 6 heteroatoms. The maximum Gasteiger partial charge on any atom is 0.261 e. The van der Waals surface area contributed by atoms with E-state index in [1.165, 1.54) is 9.80 Å². The molecular formula is C26H19N3O2S. The summed E-state index contributed by atoms with van der Waals surface area (Å²) in [5.74, 6) is -0.397. The highest BCUT2D eigenvalue weighted by atomic mass is 32.2. The quantitative estimate of drug-likeness (QED) is 0.270. The number of aryl methyl sites for hydroxylation is 1. The van der Waals surface area contributed by atoms with Gasteiger partial charge in [-0.2, -0.15) is 0 Å². The topological polar surface area (TPSA) is 62.3 Å². The fourth-order valence-corrected chi connectivity index (χ4v) is 5.29. The summed E-state index contributed by atoms with van der Waals surface area (Å²) in [6.45, 7) is 0.394. The molecule has 6 rings (SSSR count). The molecule has 5 nitrogen and oxygen atoms in total. The number of carbonyl (C=O) groups is 2. The number of amides is 2. The molecule has 0 saturated carbocycles. The van der Waals surface area contributed by atoms with Crippen molar-refractivity contribution in [3.8, 4) is 0 Å². The summed E-state index contributed by atoms with van der Waals surface area (Å²) in [5, 5.41) is 2.24. The van der Waals surface area contributed by atoms with E-state index in [9.17, 15) is 9.59 Å². The standard InChI is InChI=1S/C26H19N3O2S/c30-25-19-8-2-3-9-20(19)26(31)29(25)13-5-7-17-14-18-11-12-27-32-24(18)21-15-16-6-1-4-10-22(16)28-23(17)21/h1-4,6,8-12,14-15,27H,5,7,13H2. The molecule has 0 radical (unpaired) electrons. The number of nitrogens with one attached hydrogen (secondary N) is 1. The Morgan fingerprint density at radius 2 is 1.69 bits per heavy atom. The fraction of sp³-hybridized carbons (Fsp3) is 0.115. The zero-order valence-electron chi connectivity index (χ0n) is 17.2. The first-order chi connectivity index (χ1) is 15.7. The molecule has 2 aliphatic rings. The molecule has 156 valence electrons. The van der Waals surface area contributed by atoms with E-state index in [0.717, 1.165) is 39.4 Å². The highest BCUT2D eigenvalue weighted by Crippen LogP contribution is 2.36. The molecule has 2 aliphatic heterocycles. The monoisotopic (exact) mass is 437 g/mol. The van der Waals surface area contributed by atoms with Crippen LogP contribution in [0.25, 0.3) is 27.9 Å². The number of carbonyl (C=O) groups excluding carboxylic acids is 2. The highest BCUT2D eigenvalue weighted by Gasteiger charge is 2.34. The van der Waals surface area contributed by atoms with Gasteiger partial charge in [0, 0.05) is 28.4 Å². The Labute approximate surface area is 189 Å². The third-order valence-electron chi connectivity index (χ3n) is 6.06. The van der Waals surface area contributed by atoms with Gasteiger partial charge in [-0.05, 0) is 72.3 Å². The first-order valence-corrected chi connectivity index (χ1v) is 11.4. The molecule has 0 aliphatic carbocycles. The second-order valence-electron chi connectivity index (χ2n) is 8.00. The third-order valence-corrected chi connectivity index (χ3v) is 6.98. The van der Waals surface area contributed by atoms with Gasteiger partial charge in [-0.25, -0.2) is 4.98 Å². The summed E-state index contributed by atoms with van der Waals surface area (Å²) < 4.78 is 3.23. The molecular weight excluding hydrogens is 418 g/mol. The van der Waals surface area contributed by atoms with Gasteiger partial charge in [0.15, 0.2) is 0 Å². The summed E-state index contributed by atoms with van der Waals surface area (Å²) in [7, 11) is 0. The average Bonchev–Trinajstić information content (AvgIpc) is 3.08. The molecule has 3 aromatic carbocycles. The van der Waals surface area contributed by atoms with Crippen molar-refractivity contribution in [3.05, 3.63) is 89.1 Å². The first kappa shape index (κ1) is 19.1. The molecule has 0 atom stereocenters. The van der Waals surface area contributed by atoms with E-state index in [4.69, 9.17) is 4.98 Å². The summed E-state index contributed by atoms with van der Waals surface area (Å²) in [5.41, 5.74) is 5.24. The number of para-hydroxylation sites is 1. The number of imide groups is 1. The zero-order chi connectivity index (χ0) is 21.7. The summed E-state index contributed by atoms with van der Waals surface area (Å²) >= 11 is 1.60. The zero-order valence-corrected chi connectivity index (χ0v) is 18.0. The minimum absolute atomic E-state index is 0.199. The molecule has 32 heavy (non-hydrogen) atoms. The van der Waals surface area contributed by atoms with Gasteiger partial charge >= 0.3 is 0 Å². The minimum Gasteiger partial charge on any atom is -0.332 e. The number of pyridine rings is 1. The SMILES string of the molecule is O=C1c2ccccc2C(=O)N1CCCc1cc2c(c3cc4ccccc4nc13)SNC=C2. The molecule has 4 aromatic rings. The van der Waals surface area contributed by atoms with Crippen molar-refractivity contribution in [2.75, 3.05) is 6.54 Å². The van der Waals surface area contributed by atoms with Gasteiger partial charge in [-0.3, -0.25) is 14.5 Å². The van der Waals surface area contributed by atoms with E-state index in [2.05, 4.69) is 29.0 Å². The van der Waals surface area contributed by atoms with Crippen LogP contribution in [0.15, 0.2) is 71.8 Å². The van der Waals surface area contributed by atoms with Crippen molar-refractivity contribution in [2.24, 2.45) is 0 Å². The van der Waals surface area contributed by atoms with Crippen molar-refractivity contribution >= 4 is 51.6 Å². The minimum atomic E-state index is -0.199. The van der Waals surface area contributed by atoms with Crippen LogP contribution in [0.1, 0.15) is 38.3 Å². The van der Waals surface area contributed by atoms with Crippen molar-refractivity contribution in [3.63, 3.8) is 0 Å². The molecule has 0 unspecified atom stereocenters. The number of fused-ring (bicyclic) bond motifs is 5. The van der Waals surface area contributed by atoms with Crippen LogP contribution in [0.2, 0.25) is 0 Å². The molecule has 0 bridgehead atoms. The van der Waals surface area contributed by atoms with E-state index in [-0.39, 0.29) is 11.8 Å². The lowest BCUT2D eigenvalue weighted by Gasteiger charge is -2.18. The Morgan fingerprint density at radius 1 is 0.938 bits per heavy atom. The average molecular weight is 438 g/mol. The second-order valence-corrected chi connectivity index (χ2v) is 8.84. The van der Waals surface area contributed by atoms with Gasteiger partial charge in [-0.15, -0.1) is 0 Å². The Balaban J connectivity index is 1.33.